The number of amides is 1. The average Bonchev–Trinajstić information content (AvgIpc) is 3.45. The molecule has 0 spiro atoms. The van der Waals surface area contributed by atoms with Crippen LogP contribution in [-0.2, 0) is 14.8 Å². The number of ether oxygens (including phenoxy) is 2. The highest BCUT2D eigenvalue weighted by molar-refractivity contribution is 7.92. The second-order valence-electron chi connectivity index (χ2n) is 8.17. The van der Waals surface area contributed by atoms with Gasteiger partial charge in [-0.3, -0.25) is 19.2 Å². The number of sulfonamides is 1. The first-order chi connectivity index (χ1) is 19.2. The van der Waals surface area contributed by atoms with Crippen molar-refractivity contribution in [3.63, 3.8) is 0 Å². The number of carbonyl (C=O) groups is 1. The van der Waals surface area contributed by atoms with Gasteiger partial charge in [-0.25, -0.2) is 13.8 Å². The average molecular weight is 565 g/mol. The number of anilines is 1. The number of benzene rings is 3. The summed E-state index contributed by atoms with van der Waals surface area (Å²) in [5.74, 6) is 0.488. The van der Waals surface area contributed by atoms with Gasteiger partial charge in [0.25, 0.3) is 21.6 Å². The van der Waals surface area contributed by atoms with Crippen LogP contribution in [0, 0.1) is 10.1 Å². The first-order valence-electron chi connectivity index (χ1n) is 11.7. The zero-order chi connectivity index (χ0) is 28.7. The maximum Gasteiger partial charge on any atom is 0.270 e. The molecule has 40 heavy (non-hydrogen) atoms. The molecule has 0 aliphatic carbocycles. The van der Waals surface area contributed by atoms with E-state index in [9.17, 15) is 23.3 Å². The minimum Gasteiger partial charge on any atom is -0.493 e. The van der Waals surface area contributed by atoms with Gasteiger partial charge in [0.2, 0.25) is 0 Å². The van der Waals surface area contributed by atoms with E-state index in [1.54, 1.807) is 54.6 Å². The van der Waals surface area contributed by atoms with Crippen molar-refractivity contribution in [2.45, 2.75) is 4.90 Å². The van der Waals surface area contributed by atoms with Crippen molar-refractivity contribution in [2.24, 2.45) is 5.10 Å². The summed E-state index contributed by atoms with van der Waals surface area (Å²) >= 11 is 0. The van der Waals surface area contributed by atoms with Crippen molar-refractivity contribution in [3.8, 4) is 22.8 Å². The number of hydrogen-bond donors (Lipinski definition) is 1. The molecular weight excluding hydrogens is 540 g/mol. The summed E-state index contributed by atoms with van der Waals surface area (Å²) in [5, 5.41) is 14.9. The Bertz CT molecular complexity index is 1650. The van der Waals surface area contributed by atoms with Gasteiger partial charge in [0.1, 0.15) is 18.1 Å². The molecule has 4 rings (SSSR count). The van der Waals surface area contributed by atoms with Crippen molar-refractivity contribution in [1.29, 1.82) is 0 Å². The van der Waals surface area contributed by atoms with Gasteiger partial charge >= 0.3 is 0 Å². The minimum atomic E-state index is -4.20. The second-order valence-corrected chi connectivity index (χ2v) is 10.0. The standard InChI is InChI=1S/C27H24N4O8S/c1-37-25-14-12-23(16-26(25)38-2)40(35,36)30(20-8-4-3-5-9-20)18-27(32)29-28-17-22-11-13-24(39-22)19-7-6-10-21(15-19)31(33)34/h3-17H,18H2,1-2H3,(H,29,32)/b28-17-. The molecule has 1 heterocycles. The number of nitrogens with zero attached hydrogens (tertiary/aromatic N) is 3. The van der Waals surface area contributed by atoms with Crippen LogP contribution in [0.2, 0.25) is 0 Å². The van der Waals surface area contributed by atoms with Crippen LogP contribution < -0.4 is 19.2 Å². The van der Waals surface area contributed by atoms with Crippen LogP contribution >= 0.6 is 0 Å². The monoisotopic (exact) mass is 564 g/mol. The van der Waals surface area contributed by atoms with Gasteiger partial charge in [-0.05, 0) is 36.4 Å². The molecule has 0 aliphatic heterocycles. The van der Waals surface area contributed by atoms with Crippen LogP contribution in [0.5, 0.6) is 11.5 Å². The van der Waals surface area contributed by atoms with Crippen molar-refractivity contribution in [1.82, 2.24) is 5.43 Å². The second kappa shape index (κ2) is 12.1. The number of methoxy groups -OCH3 is 2. The number of hydrogen-bond acceptors (Lipinski definition) is 9. The zero-order valence-electron chi connectivity index (χ0n) is 21.4. The van der Waals surface area contributed by atoms with E-state index in [4.69, 9.17) is 13.9 Å². The molecule has 0 unspecified atom stereocenters. The first kappa shape index (κ1) is 27.9. The molecule has 1 aromatic heterocycles. The van der Waals surface area contributed by atoms with Gasteiger partial charge in [0.15, 0.2) is 11.5 Å². The van der Waals surface area contributed by atoms with Crippen molar-refractivity contribution >= 4 is 33.5 Å². The van der Waals surface area contributed by atoms with E-state index in [-0.39, 0.29) is 27.8 Å². The fourth-order valence-corrected chi connectivity index (χ4v) is 5.13. The Morgan fingerprint density at radius 2 is 1.75 bits per heavy atom. The molecule has 0 bridgehead atoms. The smallest absolute Gasteiger partial charge is 0.270 e. The van der Waals surface area contributed by atoms with Gasteiger partial charge in [-0.2, -0.15) is 5.10 Å². The summed E-state index contributed by atoms with van der Waals surface area (Å²) < 4.78 is 44.2. The van der Waals surface area contributed by atoms with Crippen molar-refractivity contribution < 1.29 is 32.0 Å². The van der Waals surface area contributed by atoms with Crippen LogP contribution in [0.25, 0.3) is 11.3 Å². The largest absolute Gasteiger partial charge is 0.493 e. The van der Waals surface area contributed by atoms with E-state index < -0.39 is 27.4 Å². The lowest BCUT2D eigenvalue weighted by molar-refractivity contribution is -0.384. The summed E-state index contributed by atoms with van der Waals surface area (Å²) in [6, 6.07) is 21.4. The Hall–Kier alpha value is -5.17. The maximum absolute atomic E-state index is 13.6. The number of nitro benzene ring substituents is 1. The zero-order valence-corrected chi connectivity index (χ0v) is 22.2. The third-order valence-corrected chi connectivity index (χ3v) is 7.39. The molecule has 4 aromatic rings. The highest BCUT2D eigenvalue weighted by Gasteiger charge is 2.28. The molecule has 12 nitrogen and oxygen atoms in total. The Morgan fingerprint density at radius 3 is 2.45 bits per heavy atom. The van der Waals surface area contributed by atoms with Crippen LogP contribution in [-0.4, -0.2) is 46.2 Å². The molecule has 0 aliphatic rings. The van der Waals surface area contributed by atoms with Gasteiger partial charge in [0, 0.05) is 23.8 Å². The molecule has 0 atom stereocenters. The molecule has 206 valence electrons. The minimum absolute atomic E-state index is 0.0811. The number of carbonyl (C=O) groups excluding carboxylic acids is 1. The molecule has 13 heteroatoms. The number of nitro groups is 1. The summed E-state index contributed by atoms with van der Waals surface area (Å²) in [6.45, 7) is -0.574. The van der Waals surface area contributed by atoms with E-state index in [1.807, 2.05) is 0 Å². The number of non-ortho nitro benzene ring substituents is 1. The fourth-order valence-electron chi connectivity index (χ4n) is 3.70. The SMILES string of the molecule is COc1ccc(S(=O)(=O)N(CC(=O)N/N=C\c2ccc(-c3cccc([N+](=O)[O-])c3)o2)c2ccccc2)cc1OC. The molecule has 0 radical (unpaired) electrons. The van der Waals surface area contributed by atoms with Gasteiger partial charge in [0.05, 0.1) is 35.9 Å². The molecule has 1 N–H and O–H groups in total. The number of hydrazone groups is 1. The normalized spacial score (nSPS) is 11.2. The van der Waals surface area contributed by atoms with Crippen LogP contribution in [0.15, 0.2) is 99.3 Å². The fraction of sp³-hybridized carbons (Fsp3) is 0.111. The lowest BCUT2D eigenvalue weighted by Gasteiger charge is -2.24. The Morgan fingerprint density at radius 1 is 1.00 bits per heavy atom. The summed E-state index contributed by atoms with van der Waals surface area (Å²) in [4.78, 5) is 23.2. The van der Waals surface area contributed by atoms with Crippen molar-refractivity contribution in [2.75, 3.05) is 25.1 Å². The molecule has 3 aromatic carbocycles. The molecule has 1 amide bonds. The van der Waals surface area contributed by atoms with Gasteiger partial charge < -0.3 is 13.9 Å². The quantitative estimate of drug-likeness (QED) is 0.161. The lowest BCUT2D eigenvalue weighted by Crippen LogP contribution is -2.39. The molecule has 0 saturated carbocycles. The van der Waals surface area contributed by atoms with E-state index >= 15 is 0 Å². The Kier molecular flexibility index (Phi) is 8.45. The number of rotatable bonds is 11. The maximum atomic E-state index is 13.6. The van der Waals surface area contributed by atoms with E-state index in [0.717, 1.165) is 4.31 Å². The van der Waals surface area contributed by atoms with E-state index in [1.165, 1.54) is 50.8 Å². The lowest BCUT2D eigenvalue weighted by atomic mass is 10.1. The highest BCUT2D eigenvalue weighted by Crippen LogP contribution is 2.32. The van der Waals surface area contributed by atoms with Crippen molar-refractivity contribution in [3.05, 3.63) is 101 Å². The summed E-state index contributed by atoms with van der Waals surface area (Å²) in [7, 11) is -1.38. The van der Waals surface area contributed by atoms with Gasteiger partial charge in [-0.1, -0.05) is 30.3 Å². The third kappa shape index (κ3) is 6.27. The number of nitrogens with one attached hydrogen (secondary N) is 1. The molecule has 0 saturated heterocycles. The summed E-state index contributed by atoms with van der Waals surface area (Å²) in [6.07, 6.45) is 1.23. The predicted molar refractivity (Wildman–Crippen MR) is 147 cm³/mol. The molecule has 0 fully saturated rings. The van der Waals surface area contributed by atoms with E-state index in [0.29, 0.717) is 17.1 Å². The van der Waals surface area contributed by atoms with Crippen LogP contribution in [0.4, 0.5) is 11.4 Å². The Labute approximate surface area is 229 Å². The van der Waals surface area contributed by atoms with Crippen LogP contribution in [0.3, 0.4) is 0 Å². The predicted octanol–water partition coefficient (Wildman–Crippen LogP) is 4.22. The number of furan rings is 1. The first-order valence-corrected chi connectivity index (χ1v) is 13.1. The highest BCUT2D eigenvalue weighted by atomic mass is 32.2. The third-order valence-electron chi connectivity index (χ3n) is 5.62. The van der Waals surface area contributed by atoms with Crippen LogP contribution in [0.1, 0.15) is 5.76 Å². The number of para-hydroxylation sites is 1. The molecular formula is C27H24N4O8S. The van der Waals surface area contributed by atoms with E-state index in [2.05, 4.69) is 10.5 Å². The van der Waals surface area contributed by atoms with Gasteiger partial charge in [-0.15, -0.1) is 0 Å². The Balaban J connectivity index is 1.51. The summed E-state index contributed by atoms with van der Waals surface area (Å²) in [5.41, 5.74) is 2.98. The topological polar surface area (TPSA) is 154 Å².